The molecule has 2 aromatic rings. The van der Waals surface area contributed by atoms with Crippen LogP contribution < -0.4 is 4.90 Å². The Hall–Kier alpha value is -1.20. The van der Waals surface area contributed by atoms with Crippen LogP contribution in [0.15, 0.2) is 28.9 Å². The minimum absolute atomic E-state index is 0.661. The number of aromatic nitrogens is 2. The fourth-order valence-electron chi connectivity index (χ4n) is 1.52. The Labute approximate surface area is 109 Å². The Morgan fingerprint density at radius 2 is 2.24 bits per heavy atom. The molecular formula is C12H14BrN3O. The lowest BCUT2D eigenvalue weighted by molar-refractivity contribution is 0.206. The minimum Gasteiger partial charge on any atom is -0.383 e. The highest BCUT2D eigenvalue weighted by atomic mass is 79.9. The van der Waals surface area contributed by atoms with E-state index in [-0.39, 0.29) is 0 Å². The SMILES string of the molecule is COCCN(C)c1ncc2cccc(Br)c2n1. The maximum absolute atomic E-state index is 5.04. The van der Waals surface area contributed by atoms with Crippen molar-refractivity contribution in [1.29, 1.82) is 0 Å². The van der Waals surface area contributed by atoms with Gasteiger partial charge in [0, 0.05) is 36.8 Å². The predicted octanol–water partition coefficient (Wildman–Crippen LogP) is 2.47. The third-order valence-corrected chi connectivity index (χ3v) is 3.16. The summed E-state index contributed by atoms with van der Waals surface area (Å²) in [5, 5.41) is 1.03. The monoisotopic (exact) mass is 295 g/mol. The van der Waals surface area contributed by atoms with E-state index in [0.717, 1.165) is 21.9 Å². The second-order valence-electron chi connectivity index (χ2n) is 3.76. The summed E-state index contributed by atoms with van der Waals surface area (Å²) in [5.41, 5.74) is 0.932. The van der Waals surface area contributed by atoms with E-state index in [1.807, 2.05) is 36.3 Å². The van der Waals surface area contributed by atoms with Crippen LogP contribution in [-0.2, 0) is 4.74 Å². The number of halogens is 1. The lowest BCUT2D eigenvalue weighted by atomic mass is 10.2. The molecule has 0 saturated carbocycles. The quantitative estimate of drug-likeness (QED) is 0.869. The molecule has 0 saturated heterocycles. The zero-order valence-corrected chi connectivity index (χ0v) is 11.4. The molecule has 0 aliphatic heterocycles. The molecule has 0 N–H and O–H groups in total. The van der Waals surface area contributed by atoms with Crippen molar-refractivity contribution in [3.63, 3.8) is 0 Å². The average Bonchev–Trinajstić information content (AvgIpc) is 2.36. The van der Waals surface area contributed by atoms with Crippen LogP contribution in [0, 0.1) is 0 Å². The van der Waals surface area contributed by atoms with Gasteiger partial charge in [-0.15, -0.1) is 0 Å². The van der Waals surface area contributed by atoms with Crippen molar-refractivity contribution >= 4 is 32.8 Å². The van der Waals surface area contributed by atoms with Gasteiger partial charge in [-0.05, 0) is 22.0 Å². The van der Waals surface area contributed by atoms with Crippen LogP contribution in [0.4, 0.5) is 5.95 Å². The number of fused-ring (bicyclic) bond motifs is 1. The molecule has 4 nitrogen and oxygen atoms in total. The van der Waals surface area contributed by atoms with Crippen molar-refractivity contribution in [3.8, 4) is 0 Å². The standard InChI is InChI=1S/C12H14BrN3O/c1-16(6-7-17-2)12-14-8-9-4-3-5-10(13)11(9)15-12/h3-5,8H,6-7H2,1-2H3. The van der Waals surface area contributed by atoms with Gasteiger partial charge in [-0.3, -0.25) is 0 Å². The summed E-state index contributed by atoms with van der Waals surface area (Å²) in [4.78, 5) is 10.9. The van der Waals surface area contributed by atoms with Gasteiger partial charge in [0.1, 0.15) is 0 Å². The highest BCUT2D eigenvalue weighted by Gasteiger charge is 2.06. The number of rotatable bonds is 4. The Bertz CT molecular complexity index is 518. The normalized spacial score (nSPS) is 10.8. The first-order valence-corrected chi connectivity index (χ1v) is 6.13. The summed E-state index contributed by atoms with van der Waals surface area (Å²) in [7, 11) is 3.64. The Morgan fingerprint density at radius 1 is 1.41 bits per heavy atom. The van der Waals surface area contributed by atoms with Gasteiger partial charge in [0.05, 0.1) is 12.1 Å². The van der Waals surface area contributed by atoms with Crippen molar-refractivity contribution in [2.45, 2.75) is 0 Å². The second-order valence-corrected chi connectivity index (χ2v) is 4.62. The molecule has 0 radical (unpaired) electrons. The highest BCUT2D eigenvalue weighted by molar-refractivity contribution is 9.10. The molecule has 0 amide bonds. The molecule has 90 valence electrons. The zero-order chi connectivity index (χ0) is 12.3. The molecule has 0 unspecified atom stereocenters. The predicted molar refractivity (Wildman–Crippen MR) is 72.4 cm³/mol. The van der Waals surface area contributed by atoms with Crippen LogP contribution in [0.1, 0.15) is 0 Å². The van der Waals surface area contributed by atoms with Gasteiger partial charge in [0.2, 0.25) is 5.95 Å². The highest BCUT2D eigenvalue weighted by Crippen LogP contribution is 2.22. The van der Waals surface area contributed by atoms with E-state index in [4.69, 9.17) is 4.74 Å². The number of anilines is 1. The van der Waals surface area contributed by atoms with Crippen molar-refractivity contribution in [3.05, 3.63) is 28.9 Å². The zero-order valence-electron chi connectivity index (χ0n) is 9.85. The molecule has 0 aliphatic rings. The van der Waals surface area contributed by atoms with E-state index in [1.54, 1.807) is 7.11 Å². The number of benzene rings is 1. The first-order valence-electron chi connectivity index (χ1n) is 5.33. The molecule has 1 aromatic carbocycles. The molecule has 1 aromatic heterocycles. The summed E-state index contributed by atoms with van der Waals surface area (Å²) in [6.07, 6.45) is 1.84. The average molecular weight is 296 g/mol. The van der Waals surface area contributed by atoms with Gasteiger partial charge in [0.25, 0.3) is 0 Å². The summed E-state index contributed by atoms with van der Waals surface area (Å²) < 4.78 is 6.02. The molecule has 0 atom stereocenters. The summed E-state index contributed by atoms with van der Waals surface area (Å²) in [6, 6.07) is 5.96. The number of para-hydroxylation sites is 1. The number of nitrogens with zero attached hydrogens (tertiary/aromatic N) is 3. The molecule has 5 heteroatoms. The fraction of sp³-hybridized carbons (Fsp3) is 0.333. The van der Waals surface area contributed by atoms with E-state index < -0.39 is 0 Å². The smallest absolute Gasteiger partial charge is 0.225 e. The van der Waals surface area contributed by atoms with Crippen LogP contribution in [0.2, 0.25) is 0 Å². The number of ether oxygens (including phenoxy) is 1. The molecule has 0 bridgehead atoms. The van der Waals surface area contributed by atoms with Crippen LogP contribution in [-0.4, -0.2) is 37.3 Å². The number of methoxy groups -OCH3 is 1. The maximum atomic E-state index is 5.04. The number of hydrogen-bond donors (Lipinski definition) is 0. The van der Waals surface area contributed by atoms with Crippen LogP contribution in [0.5, 0.6) is 0 Å². The first-order chi connectivity index (χ1) is 8.22. The number of likely N-dealkylation sites (N-methyl/N-ethyl adjacent to an activating group) is 1. The van der Waals surface area contributed by atoms with Gasteiger partial charge in [-0.2, -0.15) is 0 Å². The van der Waals surface area contributed by atoms with Gasteiger partial charge in [-0.1, -0.05) is 12.1 Å². The van der Waals surface area contributed by atoms with E-state index in [1.165, 1.54) is 0 Å². The fourth-order valence-corrected chi connectivity index (χ4v) is 1.99. The Morgan fingerprint density at radius 3 is 3.00 bits per heavy atom. The van der Waals surface area contributed by atoms with Gasteiger partial charge in [0.15, 0.2) is 0 Å². The van der Waals surface area contributed by atoms with Crippen LogP contribution in [0.3, 0.4) is 0 Å². The van der Waals surface area contributed by atoms with E-state index in [0.29, 0.717) is 12.6 Å². The summed E-state index contributed by atoms with van der Waals surface area (Å²) >= 11 is 3.50. The third kappa shape index (κ3) is 2.73. The second kappa shape index (κ2) is 5.42. The van der Waals surface area contributed by atoms with Crippen LogP contribution >= 0.6 is 15.9 Å². The molecule has 0 aliphatic carbocycles. The van der Waals surface area contributed by atoms with Gasteiger partial charge >= 0.3 is 0 Å². The molecule has 17 heavy (non-hydrogen) atoms. The third-order valence-electron chi connectivity index (χ3n) is 2.52. The van der Waals surface area contributed by atoms with Crippen molar-refractivity contribution in [2.75, 3.05) is 32.2 Å². The molecular weight excluding hydrogens is 282 g/mol. The number of hydrogen-bond acceptors (Lipinski definition) is 4. The van der Waals surface area contributed by atoms with E-state index in [9.17, 15) is 0 Å². The minimum atomic E-state index is 0.661. The molecule has 2 rings (SSSR count). The van der Waals surface area contributed by atoms with E-state index in [2.05, 4.69) is 25.9 Å². The van der Waals surface area contributed by atoms with Gasteiger partial charge in [-0.25, -0.2) is 9.97 Å². The first kappa shape index (κ1) is 12.3. The largest absolute Gasteiger partial charge is 0.383 e. The van der Waals surface area contributed by atoms with Crippen molar-refractivity contribution < 1.29 is 4.74 Å². The van der Waals surface area contributed by atoms with Crippen molar-refractivity contribution in [1.82, 2.24) is 9.97 Å². The topological polar surface area (TPSA) is 38.2 Å². The van der Waals surface area contributed by atoms with E-state index >= 15 is 0 Å². The lowest BCUT2D eigenvalue weighted by Gasteiger charge is -2.16. The van der Waals surface area contributed by atoms with Crippen molar-refractivity contribution in [2.24, 2.45) is 0 Å². The lowest BCUT2D eigenvalue weighted by Crippen LogP contribution is -2.24. The summed E-state index contributed by atoms with van der Waals surface area (Å²) in [6.45, 7) is 1.43. The summed E-state index contributed by atoms with van der Waals surface area (Å²) in [5.74, 6) is 0.710. The maximum Gasteiger partial charge on any atom is 0.225 e. The molecule has 1 heterocycles. The molecule has 0 fully saturated rings. The molecule has 0 spiro atoms. The van der Waals surface area contributed by atoms with Gasteiger partial charge < -0.3 is 9.64 Å². The Kier molecular flexibility index (Phi) is 3.91. The van der Waals surface area contributed by atoms with Crippen LogP contribution in [0.25, 0.3) is 10.9 Å². The Balaban J connectivity index is 2.33.